The maximum absolute atomic E-state index is 12.3. The molecule has 1 rings (SSSR count). The molecule has 0 aliphatic heterocycles. The van der Waals surface area contributed by atoms with Crippen LogP contribution in [-0.4, -0.2) is 28.4 Å². The van der Waals surface area contributed by atoms with E-state index < -0.39 is 12.0 Å². The first-order valence-corrected chi connectivity index (χ1v) is 7.75. The molecular weight excluding hydrogens is 322 g/mol. The molecule has 1 amide bonds. The zero-order valence-corrected chi connectivity index (χ0v) is 13.3. The molecule has 0 aromatic heterocycles. The molecule has 0 aliphatic carbocycles. The number of carbonyl (C=O) groups is 2. The Morgan fingerprint density at radius 1 is 1.25 bits per heavy atom. The van der Waals surface area contributed by atoms with E-state index in [-0.39, 0.29) is 18.2 Å². The molecule has 0 spiro atoms. The van der Waals surface area contributed by atoms with Gasteiger partial charge in [0.15, 0.2) is 0 Å². The normalized spacial score (nSPS) is 12.2. The summed E-state index contributed by atoms with van der Waals surface area (Å²) in [6.07, 6.45) is 0.703. The molecule has 1 aromatic carbocycles. The second kappa shape index (κ2) is 8.04. The topological polar surface area (TPSA) is 57.6 Å². The molecule has 1 aromatic rings. The lowest BCUT2D eigenvalue weighted by Crippen LogP contribution is -2.46. The van der Waals surface area contributed by atoms with E-state index in [1.807, 2.05) is 19.9 Å². The minimum Gasteiger partial charge on any atom is -0.480 e. The first kappa shape index (κ1) is 16.7. The Kier molecular flexibility index (Phi) is 6.71. The van der Waals surface area contributed by atoms with Crippen LogP contribution in [0.15, 0.2) is 30.3 Å². The van der Waals surface area contributed by atoms with Gasteiger partial charge in [-0.25, -0.2) is 4.79 Å². The lowest BCUT2D eigenvalue weighted by atomic mass is 10.0. The van der Waals surface area contributed by atoms with Crippen molar-refractivity contribution in [3.8, 4) is 0 Å². The number of hydrogen-bond donors (Lipinski definition) is 1. The fraction of sp³-hybridized carbons (Fsp3) is 0.467. The molecule has 1 atom stereocenters. The molecule has 5 heteroatoms. The first-order valence-electron chi connectivity index (χ1n) is 6.63. The number of benzene rings is 1. The molecule has 0 aliphatic rings. The van der Waals surface area contributed by atoms with Crippen molar-refractivity contribution in [2.24, 2.45) is 5.92 Å². The van der Waals surface area contributed by atoms with Crippen molar-refractivity contribution in [3.63, 3.8) is 0 Å². The average molecular weight is 342 g/mol. The number of hydrogen-bond acceptors (Lipinski definition) is 2. The summed E-state index contributed by atoms with van der Waals surface area (Å²) >= 11 is 3.23. The second-order valence-corrected chi connectivity index (χ2v) is 5.81. The van der Waals surface area contributed by atoms with Crippen LogP contribution in [0.3, 0.4) is 0 Å². The maximum Gasteiger partial charge on any atom is 0.326 e. The summed E-state index contributed by atoms with van der Waals surface area (Å²) in [5, 5.41) is 9.98. The zero-order chi connectivity index (χ0) is 15.1. The Balaban J connectivity index is 3.14. The number of nitrogens with zero attached hydrogens (tertiary/aromatic N) is 1. The van der Waals surface area contributed by atoms with Gasteiger partial charge in [-0.2, -0.15) is 0 Å². The molecule has 1 N–H and O–H groups in total. The fourth-order valence-electron chi connectivity index (χ4n) is 2.05. The van der Waals surface area contributed by atoms with E-state index >= 15 is 0 Å². The van der Waals surface area contributed by atoms with Crippen LogP contribution in [0.1, 0.15) is 26.7 Å². The van der Waals surface area contributed by atoms with Gasteiger partial charge in [0.05, 0.1) is 0 Å². The number of aliphatic carboxylic acids is 1. The molecule has 0 saturated carbocycles. The van der Waals surface area contributed by atoms with Crippen molar-refractivity contribution < 1.29 is 14.7 Å². The van der Waals surface area contributed by atoms with E-state index in [2.05, 4.69) is 15.9 Å². The maximum atomic E-state index is 12.3. The van der Waals surface area contributed by atoms with Crippen molar-refractivity contribution in [1.29, 1.82) is 0 Å². The number of amides is 1. The van der Waals surface area contributed by atoms with Gasteiger partial charge in [-0.1, -0.05) is 48.0 Å². The third-order valence-corrected chi connectivity index (χ3v) is 3.30. The van der Waals surface area contributed by atoms with Crippen molar-refractivity contribution >= 4 is 33.5 Å². The quantitative estimate of drug-likeness (QED) is 0.774. The molecule has 0 unspecified atom stereocenters. The van der Waals surface area contributed by atoms with Crippen LogP contribution in [-0.2, 0) is 9.59 Å². The average Bonchev–Trinajstić information content (AvgIpc) is 2.39. The van der Waals surface area contributed by atoms with Crippen LogP contribution in [0, 0.1) is 5.92 Å². The summed E-state index contributed by atoms with van der Waals surface area (Å²) in [5.74, 6) is -0.953. The summed E-state index contributed by atoms with van der Waals surface area (Å²) in [5.41, 5.74) is 0.631. The van der Waals surface area contributed by atoms with Crippen LogP contribution >= 0.6 is 15.9 Å². The molecule has 4 nitrogen and oxygen atoms in total. The minimum absolute atomic E-state index is 0.180. The summed E-state index contributed by atoms with van der Waals surface area (Å²) in [7, 11) is 0. The van der Waals surface area contributed by atoms with Gasteiger partial charge in [-0.05, 0) is 24.5 Å². The highest BCUT2D eigenvalue weighted by Crippen LogP contribution is 2.22. The Bertz CT molecular complexity index is 448. The standard InChI is InChI=1S/C15H20BrNO3/c1-11(2)10-13(15(19)20)17(14(18)8-9-16)12-6-4-3-5-7-12/h3-7,11,13H,8-10H2,1-2H3,(H,19,20)/t13-/m0/s1. The molecule has 0 heterocycles. The highest BCUT2D eigenvalue weighted by molar-refractivity contribution is 9.09. The van der Waals surface area contributed by atoms with E-state index in [9.17, 15) is 14.7 Å². The van der Waals surface area contributed by atoms with Gasteiger partial charge in [0, 0.05) is 17.4 Å². The van der Waals surface area contributed by atoms with Gasteiger partial charge in [0.2, 0.25) is 5.91 Å². The van der Waals surface area contributed by atoms with Crippen LogP contribution in [0.5, 0.6) is 0 Å². The Hall–Kier alpha value is -1.36. The van der Waals surface area contributed by atoms with Crippen molar-refractivity contribution in [2.45, 2.75) is 32.7 Å². The number of anilines is 1. The van der Waals surface area contributed by atoms with Crippen LogP contribution in [0.4, 0.5) is 5.69 Å². The summed E-state index contributed by atoms with van der Waals surface area (Å²) in [6.45, 7) is 3.90. The van der Waals surface area contributed by atoms with Gasteiger partial charge >= 0.3 is 5.97 Å². The zero-order valence-electron chi connectivity index (χ0n) is 11.8. The van der Waals surface area contributed by atoms with Gasteiger partial charge in [0.1, 0.15) is 6.04 Å². The van der Waals surface area contributed by atoms with Gasteiger partial charge in [-0.15, -0.1) is 0 Å². The second-order valence-electron chi connectivity index (χ2n) is 5.02. The van der Waals surface area contributed by atoms with E-state index in [0.717, 1.165) is 0 Å². The highest BCUT2D eigenvalue weighted by Gasteiger charge is 2.31. The summed E-state index contributed by atoms with van der Waals surface area (Å²) in [4.78, 5) is 25.3. The number of carboxylic acids is 1. The third-order valence-electron chi connectivity index (χ3n) is 2.90. The van der Waals surface area contributed by atoms with Crippen molar-refractivity contribution in [3.05, 3.63) is 30.3 Å². The largest absolute Gasteiger partial charge is 0.480 e. The van der Waals surface area contributed by atoms with E-state index in [1.54, 1.807) is 24.3 Å². The number of para-hydroxylation sites is 1. The van der Waals surface area contributed by atoms with Gasteiger partial charge < -0.3 is 5.11 Å². The Morgan fingerprint density at radius 3 is 2.30 bits per heavy atom. The first-order chi connectivity index (χ1) is 9.47. The lowest BCUT2D eigenvalue weighted by molar-refractivity contribution is -0.140. The number of carbonyl (C=O) groups excluding carboxylic acids is 1. The van der Waals surface area contributed by atoms with Crippen LogP contribution in [0.2, 0.25) is 0 Å². The third kappa shape index (κ3) is 4.63. The smallest absolute Gasteiger partial charge is 0.326 e. The van der Waals surface area contributed by atoms with Gasteiger partial charge in [0.25, 0.3) is 0 Å². The molecule has 110 valence electrons. The molecule has 0 fully saturated rings. The van der Waals surface area contributed by atoms with E-state index in [0.29, 0.717) is 17.4 Å². The van der Waals surface area contributed by atoms with E-state index in [1.165, 1.54) is 4.90 Å². The van der Waals surface area contributed by atoms with Crippen molar-refractivity contribution in [2.75, 3.05) is 10.2 Å². The molecule has 0 bridgehead atoms. The van der Waals surface area contributed by atoms with Gasteiger partial charge in [-0.3, -0.25) is 9.69 Å². The summed E-state index contributed by atoms with van der Waals surface area (Å²) in [6, 6.07) is 8.15. The van der Waals surface area contributed by atoms with E-state index in [4.69, 9.17) is 0 Å². The number of carboxylic acid groups (broad SMARTS) is 1. The van der Waals surface area contributed by atoms with Crippen LogP contribution < -0.4 is 4.90 Å². The predicted molar refractivity (Wildman–Crippen MR) is 83.2 cm³/mol. The Labute approximate surface area is 127 Å². The minimum atomic E-state index is -0.967. The molecular formula is C15H20BrNO3. The number of halogens is 1. The summed E-state index contributed by atoms with van der Waals surface area (Å²) < 4.78 is 0. The molecule has 0 radical (unpaired) electrons. The number of alkyl halides is 1. The van der Waals surface area contributed by atoms with Crippen molar-refractivity contribution in [1.82, 2.24) is 0 Å². The van der Waals surface area contributed by atoms with Crippen LogP contribution in [0.25, 0.3) is 0 Å². The predicted octanol–water partition coefficient (Wildman–Crippen LogP) is 3.30. The fourth-order valence-corrected chi connectivity index (χ4v) is 2.39. The monoisotopic (exact) mass is 341 g/mol. The SMILES string of the molecule is CC(C)C[C@@H](C(=O)O)N(C(=O)CCBr)c1ccccc1. The molecule has 0 saturated heterocycles. The molecule has 20 heavy (non-hydrogen) atoms. The lowest BCUT2D eigenvalue weighted by Gasteiger charge is -2.30. The highest BCUT2D eigenvalue weighted by atomic mass is 79.9. The number of rotatable bonds is 7. The Morgan fingerprint density at radius 2 is 1.85 bits per heavy atom.